The van der Waals surface area contributed by atoms with Crippen molar-refractivity contribution in [2.75, 3.05) is 35.1 Å². The second kappa shape index (κ2) is 21.7. The second-order valence-corrected chi connectivity index (χ2v) is 22.9. The maximum atomic E-state index is 14.1. The predicted molar refractivity (Wildman–Crippen MR) is 284 cm³/mol. The Morgan fingerprint density at radius 3 is 1.92 bits per heavy atom. The molecule has 0 fully saturated rings. The van der Waals surface area contributed by atoms with Gasteiger partial charge in [-0.3, -0.25) is 43.1 Å². The van der Waals surface area contributed by atoms with Gasteiger partial charge in [-0.25, -0.2) is 0 Å². The number of carbonyl (C=O) groups excluding carboxylic acids is 4. The average molecular weight is 1030 g/mol. The Bertz CT molecular complexity index is 3130. The third-order valence-electron chi connectivity index (χ3n) is 13.2. The zero-order valence-electron chi connectivity index (χ0n) is 40.6. The number of ether oxygens (including phenoxy) is 3. The number of hydrogen-bond donors (Lipinski definition) is 1. The number of methoxy groups -OCH3 is 1. The summed E-state index contributed by atoms with van der Waals surface area (Å²) in [7, 11) is 1.20. The van der Waals surface area contributed by atoms with Gasteiger partial charge in [0.2, 0.25) is 5.91 Å². The van der Waals surface area contributed by atoms with Crippen molar-refractivity contribution in [2.24, 2.45) is 9.98 Å². The Labute approximate surface area is 427 Å². The third-order valence-corrected chi connectivity index (χ3v) is 17.8. The molecule has 15 nitrogen and oxygen atoms in total. The number of Topliss-reactive ketones (excluding diaryl/α,β-unsaturated/α-hetero) is 1. The number of anilines is 3. The van der Waals surface area contributed by atoms with Crippen LogP contribution in [0, 0.1) is 6.92 Å². The molecule has 0 bridgehead atoms. The largest absolute Gasteiger partial charge is 0.493 e. The maximum Gasteiger partial charge on any atom is 0.279 e. The lowest BCUT2D eigenvalue weighted by molar-refractivity contribution is -0.119. The van der Waals surface area contributed by atoms with Gasteiger partial charge in [-0.2, -0.15) is 8.42 Å². The number of fused-ring (bicyclic) bond motifs is 8. The van der Waals surface area contributed by atoms with Crippen LogP contribution in [-0.2, 0) is 49.9 Å². The summed E-state index contributed by atoms with van der Waals surface area (Å²) in [6.45, 7) is 5.67. The molecule has 3 amide bonds. The van der Waals surface area contributed by atoms with Crippen molar-refractivity contribution in [2.45, 2.75) is 95.1 Å². The highest BCUT2D eigenvalue weighted by Gasteiger charge is 2.38. The molecule has 4 heterocycles. The fourth-order valence-corrected chi connectivity index (χ4v) is 12.9. The summed E-state index contributed by atoms with van der Waals surface area (Å²) < 4.78 is 50.0. The maximum absolute atomic E-state index is 14.1. The Balaban J connectivity index is 0.965. The molecule has 0 saturated heterocycles. The van der Waals surface area contributed by atoms with Crippen molar-refractivity contribution in [3.63, 3.8) is 0 Å². The van der Waals surface area contributed by atoms with Crippen LogP contribution < -0.4 is 29.3 Å². The topological polar surface area (TPSA) is 183 Å². The second-order valence-electron chi connectivity index (χ2n) is 18.1. The molecular formula is C54H55N5O10S3. The van der Waals surface area contributed by atoms with Gasteiger partial charge in [-0.1, -0.05) is 71.8 Å². The van der Waals surface area contributed by atoms with E-state index in [9.17, 15) is 27.6 Å². The molecule has 4 aliphatic heterocycles. The minimum absolute atomic E-state index is 0.00557. The van der Waals surface area contributed by atoms with Crippen molar-refractivity contribution in [1.29, 1.82) is 0 Å². The molecule has 0 radical (unpaired) electrons. The van der Waals surface area contributed by atoms with Crippen molar-refractivity contribution in [3.05, 3.63) is 130 Å². The number of nitrogens with one attached hydrogen (secondary N) is 1. The molecule has 0 aliphatic carbocycles. The van der Waals surface area contributed by atoms with E-state index in [0.717, 1.165) is 29.6 Å². The number of aryl methyl sites for hydroxylation is 1. The van der Waals surface area contributed by atoms with E-state index in [1.54, 1.807) is 69.4 Å². The van der Waals surface area contributed by atoms with Crippen LogP contribution in [0.2, 0.25) is 0 Å². The predicted octanol–water partition coefficient (Wildman–Crippen LogP) is 9.94. The molecule has 5 aromatic carbocycles. The molecular weight excluding hydrogens is 975 g/mol. The van der Waals surface area contributed by atoms with Crippen molar-refractivity contribution in [1.82, 2.24) is 0 Å². The Morgan fingerprint density at radius 1 is 0.764 bits per heavy atom. The van der Waals surface area contributed by atoms with Crippen molar-refractivity contribution >= 4 is 96.1 Å². The Morgan fingerprint density at radius 2 is 1.33 bits per heavy atom. The van der Waals surface area contributed by atoms with Crippen LogP contribution in [0.4, 0.5) is 28.4 Å². The minimum atomic E-state index is -4.32. The highest BCUT2D eigenvalue weighted by molar-refractivity contribution is 8.76. The van der Waals surface area contributed by atoms with Crippen LogP contribution in [0.1, 0.15) is 88.1 Å². The van der Waals surface area contributed by atoms with E-state index in [-0.39, 0.29) is 60.3 Å². The molecule has 4 aliphatic rings. The highest BCUT2D eigenvalue weighted by Crippen LogP contribution is 2.42. The molecule has 72 heavy (non-hydrogen) atoms. The van der Waals surface area contributed by atoms with Gasteiger partial charge in [0.1, 0.15) is 24.7 Å². The number of ketones is 1. The lowest BCUT2D eigenvalue weighted by Gasteiger charge is -2.22. The Kier molecular flexibility index (Phi) is 15.2. The first-order valence-corrected chi connectivity index (χ1v) is 27.7. The molecule has 0 aromatic heterocycles. The van der Waals surface area contributed by atoms with Crippen LogP contribution in [-0.4, -0.2) is 86.9 Å². The molecule has 5 aromatic rings. The lowest BCUT2D eigenvalue weighted by Crippen LogP contribution is -2.37. The number of para-hydroxylation sites is 2. The molecule has 9 rings (SSSR count). The molecule has 374 valence electrons. The number of amides is 3. The average Bonchev–Trinajstić information content (AvgIpc) is 3.87. The summed E-state index contributed by atoms with van der Waals surface area (Å²) in [6, 6.07) is 27.3. The number of nitrogens with zero attached hydrogens (tertiary/aromatic N) is 4. The number of benzene rings is 5. The van der Waals surface area contributed by atoms with Crippen LogP contribution >= 0.6 is 21.6 Å². The van der Waals surface area contributed by atoms with E-state index in [1.165, 1.54) is 17.9 Å². The summed E-state index contributed by atoms with van der Waals surface area (Å²) in [5.41, 5.74) is 7.80. The van der Waals surface area contributed by atoms with Gasteiger partial charge in [0.05, 0.1) is 48.8 Å². The first-order chi connectivity index (χ1) is 34.7. The zero-order valence-corrected chi connectivity index (χ0v) is 43.0. The van der Waals surface area contributed by atoms with E-state index in [4.69, 9.17) is 28.4 Å². The summed E-state index contributed by atoms with van der Waals surface area (Å²) >= 11 is 0. The van der Waals surface area contributed by atoms with Crippen molar-refractivity contribution < 1.29 is 46.0 Å². The fraction of sp³-hybridized carbons (Fsp3) is 0.333. The van der Waals surface area contributed by atoms with Gasteiger partial charge in [-0.05, 0) is 90.0 Å². The third kappa shape index (κ3) is 10.7. The number of aliphatic imine (C=N–C) groups is 2. The van der Waals surface area contributed by atoms with E-state index in [2.05, 4.69) is 5.32 Å². The van der Waals surface area contributed by atoms with Gasteiger partial charge in [0.25, 0.3) is 21.9 Å². The smallest absolute Gasteiger partial charge is 0.279 e. The fourth-order valence-electron chi connectivity index (χ4n) is 9.37. The zero-order chi connectivity index (χ0) is 50.7. The number of hydrogen-bond acceptors (Lipinski definition) is 14. The van der Waals surface area contributed by atoms with Gasteiger partial charge in [0.15, 0.2) is 16.7 Å². The van der Waals surface area contributed by atoms with E-state index < -0.39 is 21.3 Å². The molecule has 0 spiro atoms. The number of carbonyl (C=O) groups is 4. The normalized spacial score (nSPS) is 17.1. The molecule has 0 saturated carbocycles. The summed E-state index contributed by atoms with van der Waals surface area (Å²) in [5.74, 6) is 0.530. The quantitative estimate of drug-likeness (QED) is 0.0443. The summed E-state index contributed by atoms with van der Waals surface area (Å²) in [6.07, 6.45) is 6.54. The molecule has 18 heteroatoms. The standard InChI is InChI=1S/C54H55N5O10S3/c1-6-41(60)16-15-33(3)71-70-18-17-51(72(64,65)67-5)52(61)57-38-21-34(30-68-48-26-44-42(19-32(48)2)53(62)58-39(28-55-44)23-36-11-7-9-13-46(36)58)20-35(22-38)31-69-50-27-45-43(25-49(50)66-4)54(63)59-40(29-56-45)24-37-12-8-10-14-47(37)59/h7-14,19-22,25-29,33,39-40,51H,6,15-18,23-24,30-31H2,1-5H3,(H,57,61)/t33?,39-,40-,51?/m0/s1. The first-order valence-electron chi connectivity index (χ1n) is 23.8. The molecule has 1 N–H and O–H groups in total. The lowest BCUT2D eigenvalue weighted by atomic mass is 10.1. The summed E-state index contributed by atoms with van der Waals surface area (Å²) in [5, 5.41) is 1.45. The van der Waals surface area contributed by atoms with Crippen LogP contribution in [0.15, 0.2) is 101 Å². The van der Waals surface area contributed by atoms with Crippen LogP contribution in [0.25, 0.3) is 0 Å². The van der Waals surface area contributed by atoms with Gasteiger partial charge >= 0.3 is 0 Å². The van der Waals surface area contributed by atoms with Crippen molar-refractivity contribution in [3.8, 4) is 17.2 Å². The van der Waals surface area contributed by atoms with Crippen LogP contribution in [0.5, 0.6) is 17.2 Å². The van der Waals surface area contributed by atoms with Crippen LogP contribution in [0.3, 0.4) is 0 Å². The van der Waals surface area contributed by atoms with Gasteiger partial charge < -0.3 is 19.5 Å². The van der Waals surface area contributed by atoms with Gasteiger partial charge in [-0.15, -0.1) is 0 Å². The summed E-state index contributed by atoms with van der Waals surface area (Å²) in [4.78, 5) is 67.0. The van der Waals surface area contributed by atoms with E-state index in [1.807, 2.05) is 75.4 Å². The SMILES string of the molecule is CCC(=O)CCC(C)SSCCC(C(=O)Nc1cc(COc2cc3c(cc2C)C(=O)N2c4ccccc4C[C@H]2C=N3)cc(COc2cc3c(cc2OC)C(=O)N2c4ccccc4C[C@H]2C=N3)c1)S(=O)(=O)OC. The Hall–Kier alpha value is -6.47. The van der Waals surface area contributed by atoms with Gasteiger partial charge in [0, 0.05) is 78.3 Å². The minimum Gasteiger partial charge on any atom is -0.493 e. The monoisotopic (exact) mass is 1030 g/mol. The molecule has 4 atom stereocenters. The van der Waals surface area contributed by atoms with E-state index >= 15 is 0 Å². The molecule has 2 unspecified atom stereocenters. The first kappa shape index (κ1) is 50.5. The van der Waals surface area contributed by atoms with E-state index in [0.29, 0.717) is 94.3 Å². The highest BCUT2D eigenvalue weighted by atomic mass is 33.1. The number of rotatable bonds is 20.